The quantitative estimate of drug-likeness (QED) is 0.0174. The number of guanidine groups is 4. The summed E-state index contributed by atoms with van der Waals surface area (Å²) in [7, 11) is 0. The molecule has 29 nitrogen and oxygen atoms in total. The van der Waals surface area contributed by atoms with Crippen molar-refractivity contribution in [2.75, 3.05) is 26.2 Å². The van der Waals surface area contributed by atoms with Crippen LogP contribution in [0.15, 0.2) is 20.0 Å². The molecule has 0 fully saturated rings. The van der Waals surface area contributed by atoms with Crippen LogP contribution < -0.4 is 88.8 Å². The van der Waals surface area contributed by atoms with Gasteiger partial charge < -0.3 is 93.9 Å². The molecular formula is C36H70N20O9. The molecule has 0 spiro atoms. The monoisotopic (exact) mass is 927 g/mol. The summed E-state index contributed by atoms with van der Waals surface area (Å²) in [5, 5.41) is 26.8. The summed E-state index contributed by atoms with van der Waals surface area (Å²) < 4.78 is 0. The van der Waals surface area contributed by atoms with Crippen LogP contribution in [-0.4, -0.2) is 151 Å². The third kappa shape index (κ3) is 26.1. The third-order valence-electron chi connectivity index (χ3n) is 9.03. The molecule has 65 heavy (non-hydrogen) atoms. The van der Waals surface area contributed by atoms with Crippen LogP contribution in [0.25, 0.3) is 0 Å². The van der Waals surface area contributed by atoms with Crippen LogP contribution in [0.4, 0.5) is 0 Å². The van der Waals surface area contributed by atoms with Gasteiger partial charge in [0.1, 0.15) is 42.3 Å². The number of amides is 7. The molecule has 7 amide bonds. The molecule has 0 aromatic rings. The third-order valence-corrected chi connectivity index (χ3v) is 9.03. The van der Waals surface area contributed by atoms with Crippen molar-refractivity contribution in [1.82, 2.24) is 37.2 Å². The van der Waals surface area contributed by atoms with Gasteiger partial charge in [-0.3, -0.25) is 53.5 Å². The van der Waals surface area contributed by atoms with Crippen LogP contribution in [-0.2, 0) is 38.4 Å². The Morgan fingerprint density at radius 1 is 0.385 bits per heavy atom. The number of hydrogen-bond acceptors (Lipinski definition) is 13. The second kappa shape index (κ2) is 30.8. The number of nitrogens with zero attached hydrogens (tertiary/aromatic N) is 4. The Hall–Kier alpha value is -7.20. The number of aliphatic imine (C=N–C) groups is 4. The highest BCUT2D eigenvalue weighted by Crippen LogP contribution is 2.06. The van der Waals surface area contributed by atoms with Crippen LogP contribution in [0.5, 0.6) is 0 Å². The summed E-state index contributed by atoms with van der Waals surface area (Å²) >= 11 is 0. The van der Waals surface area contributed by atoms with Gasteiger partial charge in [0.25, 0.3) is 0 Å². The molecule has 0 radical (unpaired) electrons. The van der Waals surface area contributed by atoms with Gasteiger partial charge in [0.05, 0.1) is 6.04 Å². The molecule has 0 aromatic heterocycles. The average Bonchev–Trinajstić information content (AvgIpc) is 3.21. The highest BCUT2D eigenvalue weighted by molar-refractivity contribution is 5.97. The van der Waals surface area contributed by atoms with E-state index in [1.54, 1.807) is 0 Å². The minimum Gasteiger partial charge on any atom is -0.480 e. The first kappa shape index (κ1) is 57.8. The van der Waals surface area contributed by atoms with Crippen LogP contribution >= 0.6 is 0 Å². The highest BCUT2D eigenvalue weighted by Gasteiger charge is 2.31. The van der Waals surface area contributed by atoms with Gasteiger partial charge >= 0.3 is 5.97 Å². The summed E-state index contributed by atoms with van der Waals surface area (Å²) in [6.07, 6.45) is 1.05. The minimum absolute atomic E-state index is 0.0144. The molecular weight excluding hydrogens is 857 g/mol. The topological polar surface area (TPSA) is 525 Å². The van der Waals surface area contributed by atoms with Crippen molar-refractivity contribution in [2.24, 2.45) is 71.6 Å². The van der Waals surface area contributed by atoms with Crippen molar-refractivity contribution in [3.8, 4) is 0 Å². The zero-order chi connectivity index (χ0) is 49.8. The SMILES string of the molecule is C[C@H](NC(=O)[C@H](C)NC(=O)[C@H](CCCN=C(N)N)NC(=O)[C@H](CCCN=C(N)N)NC(=O)[C@H](C)NC(=O)[C@H](C)NC(=O)[C@@H](N)CCCN=C(N)N)C(=O)N[C@@H](CCCN=C(N)N)C(=O)O. The van der Waals surface area contributed by atoms with E-state index in [1.165, 1.54) is 27.7 Å². The molecule has 368 valence electrons. The second-order valence-corrected chi connectivity index (χ2v) is 14.8. The smallest absolute Gasteiger partial charge is 0.326 e. The molecule has 0 aromatic carbocycles. The molecule has 0 unspecified atom stereocenters. The van der Waals surface area contributed by atoms with Crippen molar-refractivity contribution < 1.29 is 43.5 Å². The molecule has 0 heterocycles. The van der Waals surface area contributed by atoms with Crippen molar-refractivity contribution in [3.63, 3.8) is 0 Å². The number of carboxylic acids is 1. The maximum Gasteiger partial charge on any atom is 0.326 e. The van der Waals surface area contributed by atoms with E-state index >= 15 is 0 Å². The molecule has 0 saturated carbocycles. The van der Waals surface area contributed by atoms with Gasteiger partial charge in [-0.05, 0) is 79.1 Å². The lowest BCUT2D eigenvalue weighted by molar-refractivity contribution is -0.142. The lowest BCUT2D eigenvalue weighted by Gasteiger charge is -2.26. The van der Waals surface area contributed by atoms with Gasteiger partial charge in [0.2, 0.25) is 41.4 Å². The largest absolute Gasteiger partial charge is 0.480 e. The van der Waals surface area contributed by atoms with Crippen LogP contribution in [0, 0.1) is 0 Å². The number of aliphatic carboxylic acids is 1. The van der Waals surface area contributed by atoms with E-state index in [1.807, 2.05) is 0 Å². The predicted molar refractivity (Wildman–Crippen MR) is 241 cm³/mol. The van der Waals surface area contributed by atoms with Gasteiger partial charge in [-0.2, -0.15) is 0 Å². The van der Waals surface area contributed by atoms with Gasteiger partial charge in [-0.15, -0.1) is 0 Å². The molecule has 0 aliphatic carbocycles. The molecule has 0 aliphatic rings. The molecule has 0 saturated heterocycles. The molecule has 8 atom stereocenters. The maximum absolute atomic E-state index is 13.8. The van der Waals surface area contributed by atoms with E-state index in [0.717, 1.165) is 0 Å². The van der Waals surface area contributed by atoms with Crippen molar-refractivity contribution in [3.05, 3.63) is 0 Å². The molecule has 26 N–H and O–H groups in total. The molecule has 29 heteroatoms. The Labute approximate surface area is 376 Å². The summed E-state index contributed by atoms with van der Waals surface area (Å²) in [5.41, 5.74) is 48.7. The molecule has 0 bridgehead atoms. The first-order chi connectivity index (χ1) is 30.3. The van der Waals surface area contributed by atoms with Crippen molar-refractivity contribution >= 4 is 71.2 Å². The number of carboxylic acid groups (broad SMARTS) is 1. The van der Waals surface area contributed by atoms with Crippen LogP contribution in [0.1, 0.15) is 79.1 Å². The van der Waals surface area contributed by atoms with E-state index in [2.05, 4.69) is 57.2 Å². The second-order valence-electron chi connectivity index (χ2n) is 14.8. The van der Waals surface area contributed by atoms with E-state index in [9.17, 15) is 43.5 Å². The average molecular weight is 927 g/mol. The number of nitrogens with two attached hydrogens (primary N) is 9. The number of carbonyl (C=O) groups excluding carboxylic acids is 7. The Kier molecular flexibility index (Phi) is 27.4. The Balaban J connectivity index is 5.93. The minimum atomic E-state index is -1.33. The zero-order valence-corrected chi connectivity index (χ0v) is 37.3. The van der Waals surface area contributed by atoms with Gasteiger partial charge in [-0.1, -0.05) is 0 Å². The number of nitrogens with one attached hydrogen (secondary N) is 7. The fraction of sp³-hybridized carbons (Fsp3) is 0.667. The van der Waals surface area contributed by atoms with E-state index < -0.39 is 95.7 Å². The number of rotatable bonds is 31. The zero-order valence-electron chi connectivity index (χ0n) is 37.3. The van der Waals surface area contributed by atoms with E-state index in [4.69, 9.17) is 51.6 Å². The summed E-state index contributed by atoms with van der Waals surface area (Å²) in [4.78, 5) is 119. The summed E-state index contributed by atoms with van der Waals surface area (Å²) in [6.45, 7) is 5.81. The van der Waals surface area contributed by atoms with Crippen molar-refractivity contribution in [2.45, 2.75) is 127 Å². The standard InChI is InChI=1S/C36H70N20O9/c1-17(52-29(61)21(37)9-5-13-46-33(38)39)25(57)50-19(3)27(59)54-23(11-7-15-48-35(42)43)31(63)55-22(10-6-14-47-34(40)41)30(62)53-18(2)26(58)51-20(4)28(60)56-24(32(64)65)12-8-16-49-36(44)45/h17-24H,5-16,37H2,1-4H3,(H,50,57)(H,51,58)(H,52,61)(H,53,62)(H,54,59)(H,55,63)(H,56,60)(H,64,65)(H4,38,39,46)(H4,40,41,47)(H4,42,43,48)(H4,44,45,49)/t17-,18-,19-,20-,21-,22-,23-,24-/m0/s1. The predicted octanol–water partition coefficient (Wildman–Crippen LogP) is -7.91. The highest BCUT2D eigenvalue weighted by atomic mass is 16.4. The Bertz CT molecular complexity index is 1730. The Morgan fingerprint density at radius 3 is 0.969 bits per heavy atom. The summed E-state index contributed by atoms with van der Waals surface area (Å²) in [5.74, 6) is -7.57. The first-order valence-corrected chi connectivity index (χ1v) is 20.7. The lowest BCUT2D eigenvalue weighted by atomic mass is 10.1. The summed E-state index contributed by atoms with van der Waals surface area (Å²) in [6, 6.07) is -9.83. The van der Waals surface area contributed by atoms with E-state index in [0.29, 0.717) is 6.42 Å². The number of hydrogen-bond donors (Lipinski definition) is 17. The number of carbonyl (C=O) groups is 8. The van der Waals surface area contributed by atoms with Gasteiger partial charge in [0, 0.05) is 26.2 Å². The first-order valence-electron chi connectivity index (χ1n) is 20.7. The van der Waals surface area contributed by atoms with Crippen LogP contribution in [0.3, 0.4) is 0 Å². The lowest BCUT2D eigenvalue weighted by Crippen LogP contribution is -2.59. The molecule has 0 rings (SSSR count). The van der Waals surface area contributed by atoms with Crippen LogP contribution in [0.2, 0.25) is 0 Å². The fourth-order valence-corrected chi connectivity index (χ4v) is 5.40. The normalized spacial score (nSPS) is 14.3. The molecule has 0 aliphatic heterocycles. The van der Waals surface area contributed by atoms with Gasteiger partial charge in [0.15, 0.2) is 23.8 Å². The maximum atomic E-state index is 13.8. The van der Waals surface area contributed by atoms with E-state index in [-0.39, 0.29) is 95.0 Å². The fourth-order valence-electron chi connectivity index (χ4n) is 5.40. The van der Waals surface area contributed by atoms with Gasteiger partial charge in [-0.25, -0.2) is 4.79 Å². The van der Waals surface area contributed by atoms with Crippen molar-refractivity contribution in [1.29, 1.82) is 0 Å². The Morgan fingerprint density at radius 2 is 0.631 bits per heavy atom.